The van der Waals surface area contributed by atoms with E-state index in [-0.39, 0.29) is 0 Å². The number of rotatable bonds is 8. The topological polar surface area (TPSA) is 41.3 Å². The fourth-order valence-corrected chi connectivity index (χ4v) is 6.02. The Balaban J connectivity index is 1.70. The number of hydrogen-bond acceptors (Lipinski definition) is 3. The summed E-state index contributed by atoms with van der Waals surface area (Å²) in [4.78, 5) is 2.34. The van der Waals surface area contributed by atoms with Crippen LogP contribution in [0.1, 0.15) is 0 Å². The minimum atomic E-state index is 0.706. The number of nitrogen functional groups attached to an aromatic ring is 1. The van der Waals surface area contributed by atoms with E-state index in [1.54, 1.807) is 0 Å². The molecule has 7 aromatic carbocycles. The second kappa shape index (κ2) is 12.7. The van der Waals surface area contributed by atoms with E-state index < -0.39 is 0 Å². The van der Waals surface area contributed by atoms with Crippen molar-refractivity contribution in [3.8, 4) is 33.4 Å². The zero-order chi connectivity index (χ0) is 30.4. The van der Waals surface area contributed by atoms with Crippen LogP contribution in [0.3, 0.4) is 0 Å². The third-order valence-electron chi connectivity index (χ3n) is 8.00. The molecule has 3 heteroatoms. The summed E-state index contributed by atoms with van der Waals surface area (Å²) in [7, 11) is 0. The normalized spacial score (nSPS) is 10.8. The lowest BCUT2D eigenvalue weighted by Gasteiger charge is -2.34. The summed E-state index contributed by atoms with van der Waals surface area (Å²) in [6.45, 7) is 0. The number of nitrogens with one attached hydrogen (secondary N) is 1. The van der Waals surface area contributed by atoms with Crippen molar-refractivity contribution < 1.29 is 0 Å². The number of hydrogen-bond donors (Lipinski definition) is 2. The highest BCUT2D eigenvalue weighted by molar-refractivity contribution is 6.14. The molecule has 0 amide bonds. The summed E-state index contributed by atoms with van der Waals surface area (Å²) in [5.74, 6) is 0. The van der Waals surface area contributed by atoms with Crippen LogP contribution in [0.15, 0.2) is 182 Å². The Morgan fingerprint density at radius 1 is 0.378 bits per heavy atom. The van der Waals surface area contributed by atoms with E-state index in [0.717, 1.165) is 61.8 Å². The number of nitrogens with zero attached hydrogens (tertiary/aromatic N) is 1. The quantitative estimate of drug-likeness (QED) is 0.176. The summed E-state index contributed by atoms with van der Waals surface area (Å²) >= 11 is 0. The van der Waals surface area contributed by atoms with Gasteiger partial charge < -0.3 is 16.0 Å². The van der Waals surface area contributed by atoms with Crippen LogP contribution in [0.4, 0.5) is 34.1 Å². The van der Waals surface area contributed by atoms with E-state index in [4.69, 9.17) is 5.73 Å². The molecule has 7 rings (SSSR count). The molecule has 0 aliphatic heterocycles. The predicted molar refractivity (Wildman–Crippen MR) is 192 cm³/mol. The lowest BCUT2D eigenvalue weighted by Crippen LogP contribution is -2.15. The van der Waals surface area contributed by atoms with Crippen molar-refractivity contribution >= 4 is 34.1 Å². The van der Waals surface area contributed by atoms with Crippen LogP contribution in [0.5, 0.6) is 0 Å². The largest absolute Gasteiger partial charge is 0.398 e. The molecular formula is C42H33N3. The highest BCUT2D eigenvalue weighted by atomic mass is 15.2. The monoisotopic (exact) mass is 579 g/mol. The highest BCUT2D eigenvalue weighted by Gasteiger charge is 2.30. The van der Waals surface area contributed by atoms with E-state index in [1.807, 2.05) is 18.2 Å². The van der Waals surface area contributed by atoms with E-state index in [0.29, 0.717) is 5.69 Å². The molecule has 0 saturated carbocycles. The number of benzene rings is 7. The number of anilines is 6. The minimum Gasteiger partial charge on any atom is -0.398 e. The van der Waals surface area contributed by atoms with Gasteiger partial charge in [0.05, 0.1) is 17.1 Å². The summed E-state index contributed by atoms with van der Waals surface area (Å²) in [5.41, 5.74) is 19.3. The second-order valence-electron chi connectivity index (χ2n) is 10.9. The number of nitrogens with two attached hydrogens (primary N) is 1. The SMILES string of the molecule is Nc1c(-c2ccccc2)c(Nc2ccccc2)c(-c2ccccc2)c(N(c2ccccc2)c2ccccc2)c1-c1ccccc1. The van der Waals surface area contributed by atoms with Crippen molar-refractivity contribution in [1.82, 2.24) is 0 Å². The first-order valence-corrected chi connectivity index (χ1v) is 15.2. The summed E-state index contributed by atoms with van der Waals surface area (Å²) in [6.07, 6.45) is 0. The Hall–Kier alpha value is -6.06. The molecule has 0 bridgehead atoms. The maximum atomic E-state index is 7.48. The summed E-state index contributed by atoms with van der Waals surface area (Å²) in [6, 6.07) is 63.0. The van der Waals surface area contributed by atoms with E-state index in [9.17, 15) is 0 Å². The highest BCUT2D eigenvalue weighted by Crippen LogP contribution is 2.56. The second-order valence-corrected chi connectivity index (χ2v) is 10.9. The average Bonchev–Trinajstić information content (AvgIpc) is 3.11. The molecule has 0 fully saturated rings. The molecule has 216 valence electrons. The van der Waals surface area contributed by atoms with Crippen molar-refractivity contribution in [2.75, 3.05) is 16.0 Å². The Morgan fingerprint density at radius 2 is 0.733 bits per heavy atom. The molecule has 7 aromatic rings. The van der Waals surface area contributed by atoms with Crippen molar-refractivity contribution in [3.63, 3.8) is 0 Å². The smallest absolute Gasteiger partial charge is 0.0660 e. The zero-order valence-electron chi connectivity index (χ0n) is 24.8. The van der Waals surface area contributed by atoms with Gasteiger partial charge in [0.15, 0.2) is 0 Å². The maximum absolute atomic E-state index is 7.48. The van der Waals surface area contributed by atoms with E-state index >= 15 is 0 Å². The minimum absolute atomic E-state index is 0.706. The molecule has 45 heavy (non-hydrogen) atoms. The van der Waals surface area contributed by atoms with Crippen LogP contribution >= 0.6 is 0 Å². The maximum Gasteiger partial charge on any atom is 0.0660 e. The molecule has 0 aliphatic carbocycles. The standard InChI is InChI=1S/C42H33N3/c43-40-37(31-19-7-1-8-20-31)41(44-34-25-13-4-14-26-34)39(33-23-11-3-12-24-33)42(38(40)32-21-9-2-10-22-32)45(35-27-15-5-16-28-35)36-29-17-6-18-30-36/h1-30,44H,43H2. The van der Waals surface area contributed by atoms with Gasteiger partial charge in [-0.05, 0) is 53.1 Å². The van der Waals surface area contributed by atoms with Crippen molar-refractivity contribution in [2.45, 2.75) is 0 Å². The molecule has 0 aromatic heterocycles. The van der Waals surface area contributed by atoms with Crippen LogP contribution in [0.2, 0.25) is 0 Å². The fourth-order valence-electron chi connectivity index (χ4n) is 6.02. The molecule has 0 saturated heterocycles. The van der Waals surface area contributed by atoms with Gasteiger partial charge in [0.25, 0.3) is 0 Å². The lowest BCUT2D eigenvalue weighted by molar-refractivity contribution is 1.28. The number of para-hydroxylation sites is 3. The Morgan fingerprint density at radius 3 is 1.18 bits per heavy atom. The Labute approximate surface area is 264 Å². The van der Waals surface area contributed by atoms with Crippen LogP contribution in [0.25, 0.3) is 33.4 Å². The van der Waals surface area contributed by atoms with Gasteiger partial charge in [0.2, 0.25) is 0 Å². The average molecular weight is 580 g/mol. The first-order chi connectivity index (χ1) is 22.3. The van der Waals surface area contributed by atoms with Gasteiger partial charge in [-0.2, -0.15) is 0 Å². The molecule has 0 spiro atoms. The molecule has 3 nitrogen and oxygen atoms in total. The Bertz CT molecular complexity index is 1950. The summed E-state index contributed by atoms with van der Waals surface area (Å²) in [5, 5.41) is 3.85. The third kappa shape index (κ3) is 5.55. The lowest BCUT2D eigenvalue weighted by atomic mass is 9.85. The van der Waals surface area contributed by atoms with Gasteiger partial charge in [-0.3, -0.25) is 0 Å². The molecule has 0 unspecified atom stereocenters. The van der Waals surface area contributed by atoms with Gasteiger partial charge in [0, 0.05) is 33.8 Å². The first-order valence-electron chi connectivity index (χ1n) is 15.2. The van der Waals surface area contributed by atoms with E-state index in [2.05, 4.69) is 174 Å². The van der Waals surface area contributed by atoms with Gasteiger partial charge >= 0.3 is 0 Å². The van der Waals surface area contributed by atoms with Gasteiger partial charge in [-0.1, -0.05) is 146 Å². The molecular weight excluding hydrogens is 546 g/mol. The van der Waals surface area contributed by atoms with Crippen LogP contribution < -0.4 is 16.0 Å². The van der Waals surface area contributed by atoms with Crippen LogP contribution in [0, 0.1) is 0 Å². The molecule has 0 aliphatic rings. The molecule has 3 N–H and O–H groups in total. The zero-order valence-corrected chi connectivity index (χ0v) is 24.8. The van der Waals surface area contributed by atoms with Crippen molar-refractivity contribution in [3.05, 3.63) is 182 Å². The Kier molecular flexibility index (Phi) is 7.81. The van der Waals surface area contributed by atoms with E-state index in [1.165, 1.54) is 0 Å². The van der Waals surface area contributed by atoms with Crippen LogP contribution in [-0.2, 0) is 0 Å². The first kappa shape index (κ1) is 27.8. The fraction of sp³-hybridized carbons (Fsp3) is 0. The van der Waals surface area contributed by atoms with Crippen molar-refractivity contribution in [1.29, 1.82) is 0 Å². The molecule has 0 heterocycles. The third-order valence-corrected chi connectivity index (χ3v) is 8.00. The molecule has 0 radical (unpaired) electrons. The van der Waals surface area contributed by atoms with Crippen LogP contribution in [-0.4, -0.2) is 0 Å². The van der Waals surface area contributed by atoms with Gasteiger partial charge in [-0.15, -0.1) is 0 Å². The van der Waals surface area contributed by atoms with Gasteiger partial charge in [0.1, 0.15) is 0 Å². The molecule has 0 atom stereocenters. The predicted octanol–water partition coefficient (Wildman–Crippen LogP) is 11.5. The summed E-state index contributed by atoms with van der Waals surface area (Å²) < 4.78 is 0. The van der Waals surface area contributed by atoms with Gasteiger partial charge in [-0.25, -0.2) is 0 Å². The van der Waals surface area contributed by atoms with Crippen molar-refractivity contribution in [2.24, 2.45) is 0 Å².